The summed E-state index contributed by atoms with van der Waals surface area (Å²) in [6, 6.07) is 7.23. The van der Waals surface area contributed by atoms with Crippen LogP contribution in [0.4, 0.5) is 0 Å². The Morgan fingerprint density at radius 3 is 2.45 bits per heavy atom. The molecule has 1 atom stereocenters. The lowest BCUT2D eigenvalue weighted by Crippen LogP contribution is -2.61. The number of ether oxygens (including phenoxy) is 2. The van der Waals surface area contributed by atoms with Gasteiger partial charge in [0.25, 0.3) is 5.91 Å². The number of carbonyl (C=O) groups is 1. The van der Waals surface area contributed by atoms with Crippen LogP contribution in [0.5, 0.6) is 11.5 Å². The molecule has 0 fully saturated rings. The number of hydrogen-bond donors (Lipinski definition) is 2. The number of para-hydroxylation sites is 2. The van der Waals surface area contributed by atoms with Crippen molar-refractivity contribution in [1.82, 2.24) is 5.32 Å². The van der Waals surface area contributed by atoms with Gasteiger partial charge in [-0.25, -0.2) is 0 Å². The third-order valence-electron chi connectivity index (χ3n) is 3.77. The van der Waals surface area contributed by atoms with Crippen LogP contribution in [0.25, 0.3) is 0 Å². The summed E-state index contributed by atoms with van der Waals surface area (Å²) in [4.78, 5) is 12.2. The second-order valence-electron chi connectivity index (χ2n) is 6.04. The van der Waals surface area contributed by atoms with Crippen molar-refractivity contribution >= 4 is 5.91 Å². The first kappa shape index (κ1) is 14.7. The van der Waals surface area contributed by atoms with Crippen LogP contribution < -0.4 is 14.8 Å². The van der Waals surface area contributed by atoms with Gasteiger partial charge in [-0.05, 0) is 39.8 Å². The first-order valence-corrected chi connectivity index (χ1v) is 6.63. The van der Waals surface area contributed by atoms with Crippen LogP contribution in [0.3, 0.4) is 0 Å². The number of aliphatic hydroxyl groups is 1. The number of carbonyl (C=O) groups excluding carboxylic acids is 1. The van der Waals surface area contributed by atoms with Gasteiger partial charge in [0.15, 0.2) is 11.5 Å². The van der Waals surface area contributed by atoms with Gasteiger partial charge >= 0.3 is 0 Å². The maximum absolute atomic E-state index is 12.2. The predicted octanol–water partition coefficient (Wildman–Crippen LogP) is 1.49. The van der Waals surface area contributed by atoms with Crippen molar-refractivity contribution in [2.24, 2.45) is 0 Å². The van der Waals surface area contributed by atoms with E-state index < -0.39 is 17.2 Å². The van der Waals surface area contributed by atoms with Gasteiger partial charge in [0, 0.05) is 0 Å². The minimum atomic E-state index is -1.05. The van der Waals surface area contributed by atoms with Crippen molar-refractivity contribution in [3.63, 3.8) is 0 Å². The number of nitrogens with one attached hydrogen (secondary N) is 1. The Bertz CT molecular complexity index is 505. The molecule has 0 aliphatic carbocycles. The van der Waals surface area contributed by atoms with Crippen molar-refractivity contribution in [2.45, 2.75) is 44.9 Å². The van der Waals surface area contributed by atoms with Crippen LogP contribution in [0.1, 0.15) is 27.7 Å². The second kappa shape index (κ2) is 4.98. The van der Waals surface area contributed by atoms with Crippen LogP contribution in [-0.2, 0) is 4.79 Å². The zero-order chi connectivity index (χ0) is 15.0. The lowest BCUT2D eigenvalue weighted by Gasteiger charge is -2.39. The van der Waals surface area contributed by atoms with Crippen LogP contribution in [0, 0.1) is 0 Å². The number of fused-ring (bicyclic) bond motifs is 1. The van der Waals surface area contributed by atoms with E-state index in [-0.39, 0.29) is 12.5 Å². The highest BCUT2D eigenvalue weighted by atomic mass is 16.6. The summed E-state index contributed by atoms with van der Waals surface area (Å²) in [7, 11) is 0. The van der Waals surface area contributed by atoms with Gasteiger partial charge in [0.2, 0.25) is 6.10 Å². The lowest BCUT2D eigenvalue weighted by atomic mass is 9.86. The van der Waals surface area contributed by atoms with Gasteiger partial charge in [-0.3, -0.25) is 4.79 Å². The molecule has 0 aromatic heterocycles. The Hall–Kier alpha value is -1.75. The minimum Gasteiger partial charge on any atom is -0.485 e. The molecule has 2 N–H and O–H groups in total. The third kappa shape index (κ3) is 2.88. The summed E-state index contributed by atoms with van der Waals surface area (Å²) in [5.41, 5.74) is -1.82. The number of rotatable bonds is 3. The Morgan fingerprint density at radius 2 is 1.85 bits per heavy atom. The Labute approximate surface area is 118 Å². The first-order valence-electron chi connectivity index (χ1n) is 6.63. The molecule has 1 unspecified atom stereocenters. The molecule has 0 radical (unpaired) electrons. The average Bonchev–Trinajstić information content (AvgIpc) is 2.36. The van der Waals surface area contributed by atoms with E-state index in [4.69, 9.17) is 9.47 Å². The zero-order valence-electron chi connectivity index (χ0n) is 12.3. The smallest absolute Gasteiger partial charge is 0.265 e. The van der Waals surface area contributed by atoms with Crippen molar-refractivity contribution in [3.8, 4) is 11.5 Å². The quantitative estimate of drug-likeness (QED) is 0.879. The van der Waals surface area contributed by atoms with E-state index in [0.29, 0.717) is 11.5 Å². The van der Waals surface area contributed by atoms with Gasteiger partial charge in [-0.2, -0.15) is 0 Å². The van der Waals surface area contributed by atoms with Gasteiger partial charge in [0.05, 0.1) is 11.1 Å². The SMILES string of the molecule is CC(C)(O)C(C)(C)NC(=O)C1COc2ccccc2O1. The summed E-state index contributed by atoms with van der Waals surface area (Å²) < 4.78 is 11.1. The standard InChI is InChI=1S/C15H21NO4/c1-14(2,15(3,4)18)16-13(17)12-9-19-10-7-5-6-8-11(10)20-12/h5-8,12,18H,9H2,1-4H3,(H,16,17). The van der Waals surface area contributed by atoms with Crippen LogP contribution in [0.15, 0.2) is 24.3 Å². The van der Waals surface area contributed by atoms with Crippen molar-refractivity contribution < 1.29 is 19.4 Å². The predicted molar refractivity (Wildman–Crippen MR) is 74.9 cm³/mol. The molecule has 1 amide bonds. The third-order valence-corrected chi connectivity index (χ3v) is 3.77. The van der Waals surface area contributed by atoms with Gasteiger partial charge < -0.3 is 19.9 Å². The van der Waals surface area contributed by atoms with Crippen molar-refractivity contribution in [3.05, 3.63) is 24.3 Å². The molecule has 1 aliphatic rings. The van der Waals surface area contributed by atoms with Gasteiger partial charge in [-0.15, -0.1) is 0 Å². The second-order valence-corrected chi connectivity index (χ2v) is 6.04. The lowest BCUT2D eigenvalue weighted by molar-refractivity contribution is -0.135. The van der Waals surface area contributed by atoms with Crippen molar-refractivity contribution in [2.75, 3.05) is 6.61 Å². The highest BCUT2D eigenvalue weighted by Crippen LogP contribution is 2.31. The summed E-state index contributed by atoms with van der Waals surface area (Å²) in [5, 5.41) is 12.9. The molecule has 0 bridgehead atoms. The average molecular weight is 279 g/mol. The minimum absolute atomic E-state index is 0.158. The highest BCUT2D eigenvalue weighted by Gasteiger charge is 2.39. The molecule has 0 spiro atoms. The van der Waals surface area contributed by atoms with E-state index >= 15 is 0 Å². The van der Waals surface area contributed by atoms with Crippen LogP contribution in [-0.4, -0.2) is 34.9 Å². The van der Waals surface area contributed by atoms with E-state index in [9.17, 15) is 9.90 Å². The summed E-state index contributed by atoms with van der Waals surface area (Å²) >= 11 is 0. The highest BCUT2D eigenvalue weighted by molar-refractivity contribution is 5.82. The summed E-state index contributed by atoms with van der Waals surface area (Å²) in [5.74, 6) is 0.893. The molecule has 110 valence electrons. The van der Waals surface area contributed by atoms with Crippen LogP contribution >= 0.6 is 0 Å². The molecular formula is C15H21NO4. The maximum Gasteiger partial charge on any atom is 0.265 e. The Kier molecular flexibility index (Phi) is 3.65. The largest absolute Gasteiger partial charge is 0.485 e. The molecule has 1 heterocycles. The van der Waals surface area contributed by atoms with Crippen molar-refractivity contribution in [1.29, 1.82) is 0 Å². The van der Waals surface area contributed by atoms with Gasteiger partial charge in [0.1, 0.15) is 6.61 Å². The van der Waals surface area contributed by atoms with E-state index in [1.807, 2.05) is 12.1 Å². The van der Waals surface area contributed by atoms with E-state index in [2.05, 4.69) is 5.32 Å². The first-order chi connectivity index (χ1) is 9.21. The molecule has 1 aromatic rings. The molecule has 1 aliphatic heterocycles. The fourth-order valence-electron chi connectivity index (χ4n) is 1.69. The molecule has 5 heteroatoms. The zero-order valence-corrected chi connectivity index (χ0v) is 12.3. The number of amides is 1. The monoisotopic (exact) mass is 279 g/mol. The van der Waals surface area contributed by atoms with Crippen LogP contribution in [0.2, 0.25) is 0 Å². The van der Waals surface area contributed by atoms with E-state index in [1.54, 1.807) is 39.8 Å². The number of hydrogen-bond acceptors (Lipinski definition) is 4. The normalized spacial score (nSPS) is 18.6. The Morgan fingerprint density at radius 1 is 1.25 bits per heavy atom. The molecular weight excluding hydrogens is 258 g/mol. The summed E-state index contributed by atoms with van der Waals surface area (Å²) in [6.45, 7) is 7.00. The molecule has 5 nitrogen and oxygen atoms in total. The fraction of sp³-hybridized carbons (Fsp3) is 0.533. The number of benzene rings is 1. The molecule has 1 aromatic carbocycles. The molecule has 0 saturated heterocycles. The summed E-state index contributed by atoms with van der Waals surface area (Å²) in [6.07, 6.45) is -0.716. The molecule has 2 rings (SSSR count). The maximum atomic E-state index is 12.2. The molecule has 0 saturated carbocycles. The van der Waals surface area contributed by atoms with Gasteiger partial charge in [-0.1, -0.05) is 12.1 Å². The fourth-order valence-corrected chi connectivity index (χ4v) is 1.69. The van der Waals surface area contributed by atoms with E-state index in [1.165, 1.54) is 0 Å². The topological polar surface area (TPSA) is 67.8 Å². The molecule has 20 heavy (non-hydrogen) atoms. The van der Waals surface area contributed by atoms with E-state index in [0.717, 1.165) is 0 Å². The Balaban J connectivity index is 2.06.